The Bertz CT molecular complexity index is 711. The molecule has 0 fully saturated rings. The van der Waals surface area contributed by atoms with E-state index in [0.29, 0.717) is 5.02 Å². The smallest absolute Gasteiger partial charge is 0.193 e. The van der Waals surface area contributed by atoms with Gasteiger partial charge in [0.25, 0.3) is 0 Å². The SMILES string of the molecule is OC1([13c]2[13cH][13cH][13c](Cl)[13cH][13cH]2)c2ccccc2C2=NCCN21. The van der Waals surface area contributed by atoms with Crippen molar-refractivity contribution in [3.63, 3.8) is 0 Å². The third-order valence-corrected chi connectivity index (χ3v) is 4.27. The molecule has 0 spiro atoms. The number of hydrogen-bond acceptors (Lipinski definition) is 3. The molecule has 2 heterocycles. The molecule has 4 rings (SSSR count). The van der Waals surface area contributed by atoms with Gasteiger partial charge in [0.2, 0.25) is 0 Å². The van der Waals surface area contributed by atoms with Crippen molar-refractivity contribution < 1.29 is 5.11 Å². The number of nitrogens with zero attached hydrogens (tertiary/aromatic N) is 2. The van der Waals surface area contributed by atoms with E-state index in [1.54, 1.807) is 0 Å². The summed E-state index contributed by atoms with van der Waals surface area (Å²) in [6, 6.07) is 15.3. The lowest BCUT2D eigenvalue weighted by Gasteiger charge is -2.33. The molecule has 3 nitrogen and oxygen atoms in total. The topological polar surface area (TPSA) is 35.8 Å². The standard InChI is InChI=1S/C16H13ClN2O/c17-12-7-5-11(6-8-12)16(20)14-4-2-1-3-13(14)15-18-9-10-19(15)16/h1-8,20H,9-10H2/i5+1,6+1,7+1,8+1,11+1,12+1. The van der Waals surface area contributed by atoms with E-state index in [0.717, 1.165) is 35.6 Å². The highest BCUT2D eigenvalue weighted by Crippen LogP contribution is 2.43. The predicted molar refractivity (Wildman–Crippen MR) is 79.0 cm³/mol. The lowest BCUT2D eigenvalue weighted by molar-refractivity contribution is -0.0242. The van der Waals surface area contributed by atoms with E-state index in [1.165, 1.54) is 0 Å². The predicted octanol–water partition coefficient (Wildman–Crippen LogP) is 2.61. The van der Waals surface area contributed by atoms with E-state index in [9.17, 15) is 5.11 Å². The third-order valence-electron chi connectivity index (χ3n) is 4.02. The summed E-state index contributed by atoms with van der Waals surface area (Å²) < 4.78 is 0. The second-order valence-electron chi connectivity index (χ2n) is 5.08. The molecule has 0 aliphatic carbocycles. The quantitative estimate of drug-likeness (QED) is 0.876. The number of amidine groups is 1. The maximum Gasteiger partial charge on any atom is 0.193 e. The Morgan fingerprint density at radius 1 is 1.10 bits per heavy atom. The van der Waals surface area contributed by atoms with Crippen molar-refractivity contribution in [3.05, 3.63) is 70.2 Å². The molecule has 0 radical (unpaired) electrons. The Labute approximate surface area is 122 Å². The zero-order chi connectivity index (χ0) is 13.7. The molecule has 1 atom stereocenters. The lowest BCUT2D eigenvalue weighted by Crippen LogP contribution is -2.43. The first-order chi connectivity index (χ1) is 9.71. The van der Waals surface area contributed by atoms with Gasteiger partial charge in [0.1, 0.15) is 5.84 Å². The van der Waals surface area contributed by atoms with Crippen molar-refractivity contribution in [2.75, 3.05) is 13.1 Å². The molecule has 1 N–H and O–H groups in total. The van der Waals surface area contributed by atoms with Gasteiger partial charge in [0, 0.05) is 28.3 Å². The van der Waals surface area contributed by atoms with Crippen LogP contribution in [0.2, 0.25) is 5.02 Å². The number of benzene rings is 2. The molecule has 0 saturated heterocycles. The van der Waals surface area contributed by atoms with Crippen molar-refractivity contribution >= 4 is 17.4 Å². The summed E-state index contributed by atoms with van der Waals surface area (Å²) >= 11 is 5.96. The van der Waals surface area contributed by atoms with Crippen molar-refractivity contribution in [2.24, 2.45) is 4.99 Å². The molecule has 0 aromatic heterocycles. The van der Waals surface area contributed by atoms with E-state index < -0.39 is 5.72 Å². The molecule has 2 aromatic rings. The maximum atomic E-state index is 11.4. The molecule has 2 aliphatic rings. The van der Waals surface area contributed by atoms with Crippen LogP contribution >= 0.6 is 11.6 Å². The van der Waals surface area contributed by atoms with Gasteiger partial charge in [0.15, 0.2) is 5.72 Å². The fourth-order valence-corrected chi connectivity index (χ4v) is 3.24. The van der Waals surface area contributed by atoms with Crippen LogP contribution in [0.1, 0.15) is 16.7 Å². The minimum absolute atomic E-state index is 0.666. The summed E-state index contributed by atoms with van der Waals surface area (Å²) in [6.07, 6.45) is 0. The first kappa shape index (κ1) is 11.9. The van der Waals surface area contributed by atoms with Crippen molar-refractivity contribution in [2.45, 2.75) is 5.72 Å². The first-order valence-electron chi connectivity index (χ1n) is 6.61. The highest BCUT2D eigenvalue weighted by Gasteiger charge is 2.49. The minimum atomic E-state index is -1.14. The molecule has 1 unspecified atom stereocenters. The summed E-state index contributed by atoms with van der Waals surface area (Å²) in [6.45, 7) is 1.45. The molecule has 100 valence electrons. The van der Waals surface area contributed by atoms with Gasteiger partial charge in [-0.2, -0.15) is 0 Å². The van der Waals surface area contributed by atoms with Gasteiger partial charge in [-0.15, -0.1) is 0 Å². The van der Waals surface area contributed by atoms with Crippen LogP contribution in [-0.2, 0) is 5.72 Å². The van der Waals surface area contributed by atoms with Crippen molar-refractivity contribution in [3.8, 4) is 0 Å². The van der Waals surface area contributed by atoms with Crippen LogP contribution in [0.15, 0.2) is 53.5 Å². The highest BCUT2D eigenvalue weighted by molar-refractivity contribution is 6.30. The van der Waals surface area contributed by atoms with Gasteiger partial charge in [-0.25, -0.2) is 0 Å². The van der Waals surface area contributed by atoms with E-state index in [-0.39, 0.29) is 0 Å². The Balaban J connectivity index is 1.97. The molecular formula is C16H13ClN2O. The number of aliphatic hydroxyl groups is 1. The highest BCUT2D eigenvalue weighted by atomic mass is 35.5. The second kappa shape index (κ2) is 4.08. The summed E-state index contributed by atoms with van der Waals surface area (Å²) in [7, 11) is 0. The van der Waals surface area contributed by atoms with Crippen LogP contribution in [0.3, 0.4) is 0 Å². The Morgan fingerprint density at radius 2 is 1.85 bits per heavy atom. The number of rotatable bonds is 1. The normalized spacial score (nSPS) is 23.5. The van der Waals surface area contributed by atoms with Crippen molar-refractivity contribution in [1.29, 1.82) is 0 Å². The van der Waals surface area contributed by atoms with Crippen LogP contribution in [-0.4, -0.2) is 28.9 Å². The van der Waals surface area contributed by atoms with Crippen molar-refractivity contribution in [1.82, 2.24) is 4.90 Å². The van der Waals surface area contributed by atoms with Gasteiger partial charge < -0.3 is 10.0 Å². The maximum absolute atomic E-state index is 11.4. The van der Waals surface area contributed by atoms with Gasteiger partial charge in [-0.05, 0) is 12.1 Å². The second-order valence-corrected chi connectivity index (χ2v) is 5.52. The molecule has 0 amide bonds. The average molecular weight is 291 g/mol. The molecular weight excluding hydrogens is 278 g/mol. The summed E-state index contributed by atoms with van der Waals surface area (Å²) in [5.74, 6) is 0.887. The number of halogens is 1. The monoisotopic (exact) mass is 290 g/mol. The summed E-state index contributed by atoms with van der Waals surface area (Å²) in [4.78, 5) is 6.51. The Morgan fingerprint density at radius 3 is 2.65 bits per heavy atom. The van der Waals surface area contributed by atoms with E-state index in [2.05, 4.69) is 4.99 Å². The van der Waals surface area contributed by atoms with Gasteiger partial charge in [0.05, 0.1) is 6.54 Å². The fourth-order valence-electron chi connectivity index (χ4n) is 3.11. The van der Waals surface area contributed by atoms with Crippen LogP contribution in [0.5, 0.6) is 0 Å². The van der Waals surface area contributed by atoms with Gasteiger partial charge in [-0.3, -0.25) is 4.99 Å². The van der Waals surface area contributed by atoms with Crippen LogP contribution in [0.4, 0.5) is 0 Å². The fraction of sp³-hybridized carbons (Fsp3) is 0.188. The van der Waals surface area contributed by atoms with Gasteiger partial charge >= 0.3 is 0 Å². The van der Waals surface area contributed by atoms with E-state index in [4.69, 9.17) is 11.6 Å². The third kappa shape index (κ3) is 1.42. The molecule has 2 aliphatic heterocycles. The van der Waals surface area contributed by atoms with Gasteiger partial charge in [-0.1, -0.05) is 48.0 Å². The minimum Gasteiger partial charge on any atom is -0.363 e. The van der Waals surface area contributed by atoms with Crippen LogP contribution in [0, 0.1) is 0 Å². The Kier molecular flexibility index (Phi) is 2.43. The largest absolute Gasteiger partial charge is 0.363 e. The summed E-state index contributed by atoms with van der Waals surface area (Å²) in [5.41, 5.74) is 1.58. The summed E-state index contributed by atoms with van der Waals surface area (Å²) in [5, 5.41) is 12.0. The van der Waals surface area contributed by atoms with Crippen LogP contribution in [0.25, 0.3) is 0 Å². The van der Waals surface area contributed by atoms with E-state index >= 15 is 0 Å². The van der Waals surface area contributed by atoms with Crippen LogP contribution < -0.4 is 0 Å². The lowest BCUT2D eigenvalue weighted by atomic mass is 10.0. The molecule has 0 saturated carbocycles. The average Bonchev–Trinajstić information content (AvgIpc) is 3.04. The number of hydrogen-bond donors (Lipinski definition) is 1. The zero-order valence-corrected chi connectivity index (χ0v) is 11.5. The molecule has 4 heteroatoms. The number of fused-ring (bicyclic) bond motifs is 3. The Hall–Kier alpha value is -1.84. The molecule has 2 aromatic carbocycles. The first-order valence-corrected chi connectivity index (χ1v) is 6.99. The molecule has 0 bridgehead atoms. The number of aliphatic imine (C=N–C) groups is 1. The molecule has 20 heavy (non-hydrogen) atoms. The zero-order valence-electron chi connectivity index (χ0n) is 10.8. The van der Waals surface area contributed by atoms with E-state index in [1.807, 2.05) is 53.4 Å².